The smallest absolute Gasteiger partial charge is 0.404 e. The van der Waals surface area contributed by atoms with E-state index < -0.39 is 62.4 Å². The Bertz CT molecular complexity index is 1590. The minimum absolute atomic E-state index is 0.0130. The predicted octanol–water partition coefficient (Wildman–Crippen LogP) is 0.575. The van der Waals surface area contributed by atoms with E-state index in [2.05, 4.69) is 36.9 Å². The number of hydrogen-bond acceptors (Lipinski definition) is 16. The number of nitrogen functional groups attached to an aromatic ring is 1. The number of nitrogens with zero attached hydrogens (tertiary/aromatic N) is 4. The highest BCUT2D eigenvalue weighted by Gasteiger charge is 2.48. The summed E-state index contributed by atoms with van der Waals surface area (Å²) in [5.74, 6) is -0.281. The second-order valence-corrected chi connectivity index (χ2v) is 14.1. The molecule has 8 N–H and O–H groups in total. The van der Waals surface area contributed by atoms with Gasteiger partial charge in [0.25, 0.3) is 0 Å². The maximum Gasteiger partial charge on any atom is 0.536 e. The summed E-state index contributed by atoms with van der Waals surface area (Å²) in [6.45, 7) is -1.05. The van der Waals surface area contributed by atoms with E-state index in [0.717, 1.165) is 6.33 Å². The molecule has 1 saturated heterocycles. The van der Waals surface area contributed by atoms with Crippen LogP contribution in [0.5, 0.6) is 5.75 Å². The Hall–Kier alpha value is -2.15. The maximum atomic E-state index is 12.2. The second-order valence-electron chi connectivity index (χ2n) is 7.95. The van der Waals surface area contributed by atoms with Gasteiger partial charge in [-0.3, -0.25) is 14.0 Å². The number of ether oxygens (including phenoxy) is 1. The van der Waals surface area contributed by atoms with Gasteiger partial charge in [-0.05, 0) is 12.1 Å². The highest BCUT2D eigenvalue weighted by atomic mass is 31.3. The summed E-state index contributed by atoms with van der Waals surface area (Å²) in [5.41, 5.74) is 5.97. The van der Waals surface area contributed by atoms with Crippen molar-refractivity contribution < 1.29 is 74.8 Å². The van der Waals surface area contributed by atoms with E-state index in [4.69, 9.17) is 10.5 Å². The lowest BCUT2D eigenvalue weighted by Gasteiger charge is -2.20. The molecule has 8 atom stereocenters. The predicted molar refractivity (Wildman–Crippen MR) is 131 cm³/mol. The molecular weight excluding hydrogens is 642 g/mol. The van der Waals surface area contributed by atoms with Gasteiger partial charge in [-0.2, -0.15) is 12.9 Å². The third-order valence-corrected chi connectivity index (χ3v) is 10.9. The second kappa shape index (κ2) is 11.9. The van der Waals surface area contributed by atoms with Gasteiger partial charge < -0.3 is 39.9 Å². The first-order valence-corrected chi connectivity index (χ1v) is 16.7. The van der Waals surface area contributed by atoms with Gasteiger partial charge in [-0.15, -0.1) is 0 Å². The quantitative estimate of drug-likeness (QED) is 0.130. The molecule has 0 aliphatic carbocycles. The number of fused-ring (bicyclic) bond motifs is 1. The summed E-state index contributed by atoms with van der Waals surface area (Å²) in [7, 11) is -23.1. The number of aliphatic hydroxyl groups excluding tert-OH is 2. The van der Waals surface area contributed by atoms with Crippen LogP contribution in [-0.2, 0) is 40.5 Å². The molecule has 0 spiro atoms. The van der Waals surface area contributed by atoms with Gasteiger partial charge in [0.15, 0.2) is 17.7 Å². The maximum absolute atomic E-state index is 12.2. The molecule has 1 aliphatic heterocycles. The van der Waals surface area contributed by atoms with Gasteiger partial charge in [0.2, 0.25) is 0 Å². The van der Waals surface area contributed by atoms with E-state index in [0.29, 0.717) is 0 Å². The molecule has 2 aromatic heterocycles. The van der Waals surface area contributed by atoms with Gasteiger partial charge in [-0.1, -0.05) is 18.2 Å². The number of phosphoric acid groups is 4. The third kappa shape index (κ3) is 8.03. The van der Waals surface area contributed by atoms with Crippen molar-refractivity contribution in [2.24, 2.45) is 0 Å². The molecule has 1 aliphatic rings. The van der Waals surface area contributed by atoms with Crippen molar-refractivity contribution in [3.63, 3.8) is 0 Å². The van der Waals surface area contributed by atoms with E-state index in [9.17, 15) is 48.0 Å². The molecular formula is C16H21N5O16P4. The van der Waals surface area contributed by atoms with E-state index in [-0.39, 0.29) is 22.7 Å². The number of aliphatic hydroxyl groups is 2. The molecule has 226 valence electrons. The van der Waals surface area contributed by atoms with Crippen LogP contribution < -0.4 is 10.3 Å². The number of nitrogens with two attached hydrogens (primary N) is 1. The zero-order valence-electron chi connectivity index (χ0n) is 20.0. The number of hydrogen-bond donors (Lipinski definition) is 7. The molecule has 1 aromatic carbocycles. The van der Waals surface area contributed by atoms with Crippen LogP contribution in [0, 0.1) is 0 Å². The first-order valence-electron chi connectivity index (χ1n) is 10.8. The van der Waals surface area contributed by atoms with Gasteiger partial charge >= 0.3 is 31.3 Å². The molecule has 21 nitrogen and oxygen atoms in total. The van der Waals surface area contributed by atoms with Crippen molar-refractivity contribution in [1.82, 2.24) is 19.5 Å². The van der Waals surface area contributed by atoms with Gasteiger partial charge in [-0.25, -0.2) is 33.2 Å². The van der Waals surface area contributed by atoms with Crippen molar-refractivity contribution in [3.05, 3.63) is 43.0 Å². The van der Waals surface area contributed by atoms with Crippen LogP contribution in [0.25, 0.3) is 11.2 Å². The van der Waals surface area contributed by atoms with E-state index in [1.165, 1.54) is 41.2 Å². The van der Waals surface area contributed by atoms with Crippen molar-refractivity contribution in [3.8, 4) is 5.75 Å². The summed E-state index contributed by atoms with van der Waals surface area (Å²) < 4.78 is 75.4. The molecule has 3 heterocycles. The summed E-state index contributed by atoms with van der Waals surface area (Å²) in [6, 6.07) is 6.60. The summed E-state index contributed by atoms with van der Waals surface area (Å²) >= 11 is 0. The Balaban J connectivity index is 1.35. The molecule has 4 rings (SSSR count). The van der Waals surface area contributed by atoms with Crippen LogP contribution >= 0.6 is 31.3 Å². The Kier molecular flexibility index (Phi) is 9.19. The lowest BCUT2D eigenvalue weighted by molar-refractivity contribution is -0.0503. The van der Waals surface area contributed by atoms with Gasteiger partial charge in [0.1, 0.15) is 35.9 Å². The first-order chi connectivity index (χ1) is 19.0. The standard InChI is InChI=1S/C16H21N5O16P4/c17-14-11-15(19-7-18-14)21(8-20-11)16-13(23)12(22)10(33-16)6-32-38(24,25)35-40(28,29)37-41(30,31)36-39(26,27)34-9-4-2-1-3-5-9/h1-5,7-8,10,12-13,16,22-23H,6H2,(H,24,25)(H,26,27)(H,28,29)(H,30,31)(H2,17,18,19)/t10-,12-,13-,16-/m1/s1. The summed E-state index contributed by atoms with van der Waals surface area (Å²) in [4.78, 5) is 50.4. The number of benzene rings is 1. The molecule has 41 heavy (non-hydrogen) atoms. The topological polar surface area (TPSA) is 315 Å². The number of para-hydroxylation sites is 1. The van der Waals surface area contributed by atoms with Crippen LogP contribution in [0.1, 0.15) is 6.23 Å². The largest absolute Gasteiger partial charge is 0.536 e. The first kappa shape index (κ1) is 31.8. The fourth-order valence-electron chi connectivity index (χ4n) is 3.40. The van der Waals surface area contributed by atoms with E-state index >= 15 is 0 Å². The molecule has 0 bridgehead atoms. The highest BCUT2D eigenvalue weighted by Crippen LogP contribution is 2.71. The Morgan fingerprint density at radius 1 is 0.854 bits per heavy atom. The third-order valence-electron chi connectivity index (χ3n) is 4.98. The normalized spacial score (nSPS) is 27.0. The zero-order valence-corrected chi connectivity index (χ0v) is 23.6. The van der Waals surface area contributed by atoms with Crippen molar-refractivity contribution in [2.45, 2.75) is 24.5 Å². The molecule has 4 unspecified atom stereocenters. The number of anilines is 1. The number of imidazole rings is 1. The molecule has 1 fully saturated rings. The SMILES string of the molecule is Nc1ncnc2c1ncn2[C@@H]1O[C@H](COP(=O)(O)OP(=O)(O)OP(=O)(O)OP(=O)(O)Oc2ccccc2)[C@@H](O)[C@H]1O. The number of phosphoric ester groups is 2. The highest BCUT2D eigenvalue weighted by molar-refractivity contribution is 7.69. The molecule has 3 aromatic rings. The van der Waals surface area contributed by atoms with Crippen LogP contribution in [0.4, 0.5) is 5.82 Å². The van der Waals surface area contributed by atoms with Crippen molar-refractivity contribution in [1.29, 1.82) is 0 Å². The summed E-state index contributed by atoms with van der Waals surface area (Å²) in [6.07, 6.45) is -4.03. The van der Waals surface area contributed by atoms with Gasteiger partial charge in [0.05, 0.1) is 12.9 Å². The zero-order chi connectivity index (χ0) is 30.2. The van der Waals surface area contributed by atoms with Crippen LogP contribution in [0.15, 0.2) is 43.0 Å². The number of aromatic nitrogens is 4. The Morgan fingerprint density at radius 3 is 2.12 bits per heavy atom. The lowest BCUT2D eigenvalue weighted by atomic mass is 10.1. The van der Waals surface area contributed by atoms with Gasteiger partial charge in [0, 0.05) is 0 Å². The Morgan fingerprint density at radius 2 is 1.46 bits per heavy atom. The summed E-state index contributed by atoms with van der Waals surface area (Å²) in [5, 5.41) is 20.7. The minimum Gasteiger partial charge on any atom is -0.404 e. The fraction of sp³-hybridized carbons (Fsp3) is 0.312. The number of rotatable bonds is 12. The minimum atomic E-state index is -6.03. The van der Waals surface area contributed by atoms with Crippen LogP contribution in [0.3, 0.4) is 0 Å². The Labute approximate surface area is 228 Å². The fourth-order valence-corrected chi connectivity index (χ4v) is 8.35. The molecule has 0 amide bonds. The average molecular weight is 663 g/mol. The van der Waals surface area contributed by atoms with Crippen molar-refractivity contribution >= 4 is 48.3 Å². The van der Waals surface area contributed by atoms with Crippen LogP contribution in [0.2, 0.25) is 0 Å². The molecule has 0 radical (unpaired) electrons. The molecule has 25 heteroatoms. The average Bonchev–Trinajstić information content (AvgIpc) is 3.38. The van der Waals surface area contributed by atoms with Crippen molar-refractivity contribution in [2.75, 3.05) is 12.3 Å². The molecule has 0 saturated carbocycles. The van der Waals surface area contributed by atoms with E-state index in [1.807, 2.05) is 0 Å². The lowest BCUT2D eigenvalue weighted by Crippen LogP contribution is -2.33. The monoisotopic (exact) mass is 663 g/mol. The van der Waals surface area contributed by atoms with E-state index in [1.54, 1.807) is 0 Å². The van der Waals surface area contributed by atoms with Crippen LogP contribution in [-0.4, -0.2) is 74.2 Å².